The van der Waals surface area contributed by atoms with Gasteiger partial charge in [0.1, 0.15) is 18.2 Å². The van der Waals surface area contributed by atoms with Gasteiger partial charge in [0.2, 0.25) is 0 Å². The van der Waals surface area contributed by atoms with Crippen LogP contribution in [0.5, 0.6) is 5.75 Å². The Morgan fingerprint density at radius 2 is 1.95 bits per heavy atom. The SMILES string of the molecule is CCOC(=O)C(C)CSC1c2cc(OCc3ccc4cc(F)c(F)cc4n3)ccc2CN(C)c2ncccc21. The van der Waals surface area contributed by atoms with Crippen molar-refractivity contribution in [2.75, 3.05) is 24.3 Å². The van der Waals surface area contributed by atoms with Crippen LogP contribution in [-0.4, -0.2) is 35.3 Å². The zero-order valence-corrected chi connectivity index (χ0v) is 22.8. The van der Waals surface area contributed by atoms with E-state index in [2.05, 4.69) is 27.0 Å². The lowest BCUT2D eigenvalue weighted by atomic mass is 10.0. The summed E-state index contributed by atoms with van der Waals surface area (Å²) in [5.74, 6) is -0.128. The highest BCUT2D eigenvalue weighted by Crippen LogP contribution is 2.45. The normalized spacial score (nSPS) is 15.3. The number of aromatic nitrogens is 2. The Labute approximate surface area is 230 Å². The van der Waals surface area contributed by atoms with Gasteiger partial charge in [-0.1, -0.05) is 25.1 Å². The first-order valence-electron chi connectivity index (χ1n) is 12.8. The van der Waals surface area contributed by atoms with Crippen molar-refractivity contribution in [3.63, 3.8) is 0 Å². The molecule has 0 N–H and O–H groups in total. The van der Waals surface area contributed by atoms with Gasteiger partial charge in [0, 0.05) is 42.6 Å². The van der Waals surface area contributed by atoms with Gasteiger partial charge in [-0.15, -0.1) is 11.8 Å². The van der Waals surface area contributed by atoms with E-state index in [1.807, 2.05) is 39.1 Å². The molecule has 2 aromatic carbocycles. The third kappa shape index (κ3) is 5.83. The van der Waals surface area contributed by atoms with Gasteiger partial charge in [0.25, 0.3) is 0 Å². The zero-order valence-electron chi connectivity index (χ0n) is 22.0. The topological polar surface area (TPSA) is 64.6 Å². The molecule has 6 nitrogen and oxygen atoms in total. The molecule has 9 heteroatoms. The summed E-state index contributed by atoms with van der Waals surface area (Å²) in [5, 5.41) is 0.460. The molecule has 0 aliphatic carbocycles. The molecular weight excluding hydrogens is 520 g/mol. The molecule has 0 saturated heterocycles. The maximum Gasteiger partial charge on any atom is 0.309 e. The van der Waals surface area contributed by atoms with Crippen LogP contribution in [0.25, 0.3) is 10.9 Å². The molecule has 0 bridgehead atoms. The van der Waals surface area contributed by atoms with Gasteiger partial charge in [0.15, 0.2) is 11.6 Å². The second kappa shape index (κ2) is 11.6. The molecule has 2 aromatic heterocycles. The number of nitrogens with zero attached hydrogens (tertiary/aromatic N) is 3. The Morgan fingerprint density at radius 3 is 2.77 bits per heavy atom. The number of rotatable bonds is 8. The Bertz CT molecular complexity index is 1520. The summed E-state index contributed by atoms with van der Waals surface area (Å²) in [7, 11) is 2.02. The van der Waals surface area contributed by atoms with Crippen LogP contribution in [0.2, 0.25) is 0 Å². The fourth-order valence-electron chi connectivity index (χ4n) is 4.65. The van der Waals surface area contributed by atoms with E-state index in [0.717, 1.165) is 34.6 Å². The summed E-state index contributed by atoms with van der Waals surface area (Å²) in [4.78, 5) is 23.5. The summed E-state index contributed by atoms with van der Waals surface area (Å²) in [6.45, 7) is 4.90. The van der Waals surface area contributed by atoms with E-state index in [1.54, 1.807) is 30.1 Å². The smallest absolute Gasteiger partial charge is 0.309 e. The number of esters is 1. The number of thioether (sulfide) groups is 1. The number of hydrogen-bond donors (Lipinski definition) is 0. The maximum atomic E-state index is 13.7. The molecule has 0 radical (unpaired) electrons. The van der Waals surface area contributed by atoms with E-state index in [-0.39, 0.29) is 23.7 Å². The molecule has 39 heavy (non-hydrogen) atoms. The molecule has 1 aliphatic heterocycles. The predicted octanol–water partition coefficient (Wildman–Crippen LogP) is 6.46. The van der Waals surface area contributed by atoms with Crippen LogP contribution in [0.4, 0.5) is 14.6 Å². The molecular formula is C30H29F2N3O3S. The van der Waals surface area contributed by atoms with Gasteiger partial charge >= 0.3 is 5.97 Å². The van der Waals surface area contributed by atoms with E-state index in [1.165, 1.54) is 0 Å². The second-order valence-electron chi connectivity index (χ2n) is 9.55. The predicted molar refractivity (Wildman–Crippen MR) is 149 cm³/mol. The third-order valence-electron chi connectivity index (χ3n) is 6.65. The molecule has 1 aliphatic rings. The Balaban J connectivity index is 1.42. The Kier molecular flexibility index (Phi) is 7.97. The monoisotopic (exact) mass is 549 g/mol. The highest BCUT2D eigenvalue weighted by molar-refractivity contribution is 7.99. The van der Waals surface area contributed by atoms with Crippen molar-refractivity contribution in [1.29, 1.82) is 0 Å². The number of carbonyl (C=O) groups is 1. The summed E-state index contributed by atoms with van der Waals surface area (Å²) < 4.78 is 38.6. The minimum Gasteiger partial charge on any atom is -0.487 e. The largest absolute Gasteiger partial charge is 0.487 e. The van der Waals surface area contributed by atoms with Crippen molar-refractivity contribution >= 4 is 34.5 Å². The number of benzene rings is 2. The molecule has 0 amide bonds. The molecule has 5 rings (SSSR count). The number of hydrogen-bond acceptors (Lipinski definition) is 7. The third-order valence-corrected chi connectivity index (χ3v) is 8.18. The highest BCUT2D eigenvalue weighted by atomic mass is 32.2. The van der Waals surface area contributed by atoms with Crippen LogP contribution in [-0.2, 0) is 22.7 Å². The summed E-state index contributed by atoms with van der Waals surface area (Å²) in [6.07, 6.45) is 1.79. The van der Waals surface area contributed by atoms with Gasteiger partial charge in [-0.05, 0) is 48.4 Å². The minimum atomic E-state index is -0.931. The minimum absolute atomic E-state index is 0.0641. The summed E-state index contributed by atoms with van der Waals surface area (Å²) >= 11 is 1.69. The van der Waals surface area contributed by atoms with Gasteiger partial charge in [-0.25, -0.2) is 18.7 Å². The average molecular weight is 550 g/mol. The molecule has 4 aromatic rings. The van der Waals surface area contributed by atoms with Gasteiger partial charge in [-0.3, -0.25) is 4.79 Å². The Morgan fingerprint density at radius 1 is 1.13 bits per heavy atom. The van der Waals surface area contributed by atoms with Gasteiger partial charge in [-0.2, -0.15) is 0 Å². The average Bonchev–Trinajstić information content (AvgIpc) is 3.05. The lowest BCUT2D eigenvalue weighted by Crippen LogP contribution is -2.18. The standard InChI is InChI=1S/C30H29F2N3O3S/c1-4-37-30(36)18(2)17-39-28-23-6-5-11-33-29(23)35(3)15-20-8-10-22(13-24(20)28)38-16-21-9-7-19-12-25(31)26(32)14-27(19)34-21/h5-14,18,28H,4,15-17H2,1-3H3. The highest BCUT2D eigenvalue weighted by Gasteiger charge is 2.29. The fraction of sp³-hybridized carbons (Fsp3) is 0.300. The number of fused-ring (bicyclic) bond motifs is 3. The van der Waals surface area contributed by atoms with Crippen LogP contribution < -0.4 is 9.64 Å². The van der Waals surface area contributed by atoms with Crippen LogP contribution in [0, 0.1) is 17.6 Å². The van der Waals surface area contributed by atoms with Crippen molar-refractivity contribution < 1.29 is 23.0 Å². The number of ether oxygens (including phenoxy) is 2. The molecule has 0 fully saturated rings. The van der Waals surface area contributed by atoms with E-state index in [9.17, 15) is 13.6 Å². The molecule has 0 spiro atoms. The molecule has 202 valence electrons. The van der Waals surface area contributed by atoms with E-state index in [0.29, 0.717) is 41.3 Å². The van der Waals surface area contributed by atoms with Gasteiger partial charge < -0.3 is 14.4 Å². The van der Waals surface area contributed by atoms with E-state index < -0.39 is 11.6 Å². The number of halogens is 2. The van der Waals surface area contributed by atoms with Crippen molar-refractivity contribution in [1.82, 2.24) is 9.97 Å². The quantitative estimate of drug-likeness (QED) is 0.234. The Hall–Kier alpha value is -3.72. The first kappa shape index (κ1) is 26.9. The molecule has 0 saturated carbocycles. The van der Waals surface area contributed by atoms with Crippen LogP contribution in [0.3, 0.4) is 0 Å². The van der Waals surface area contributed by atoms with Crippen LogP contribution >= 0.6 is 11.8 Å². The molecule has 2 unspecified atom stereocenters. The van der Waals surface area contributed by atoms with Crippen LogP contribution in [0.15, 0.2) is 60.8 Å². The lowest BCUT2D eigenvalue weighted by molar-refractivity contribution is -0.146. The summed E-state index contributed by atoms with van der Waals surface area (Å²) in [5.41, 5.74) is 4.28. The maximum absolute atomic E-state index is 13.7. The van der Waals surface area contributed by atoms with Gasteiger partial charge in [0.05, 0.1) is 29.0 Å². The second-order valence-corrected chi connectivity index (χ2v) is 10.7. The van der Waals surface area contributed by atoms with Crippen molar-refractivity contribution in [2.24, 2.45) is 5.92 Å². The number of carbonyl (C=O) groups excluding carboxylic acids is 1. The van der Waals surface area contributed by atoms with E-state index >= 15 is 0 Å². The molecule has 3 heterocycles. The lowest BCUT2D eigenvalue weighted by Gasteiger charge is -2.22. The fourth-order valence-corrected chi connectivity index (χ4v) is 6.03. The van der Waals surface area contributed by atoms with Crippen LogP contribution in [0.1, 0.15) is 41.5 Å². The van der Waals surface area contributed by atoms with Crippen molar-refractivity contribution in [3.8, 4) is 5.75 Å². The number of pyridine rings is 2. The van der Waals surface area contributed by atoms with E-state index in [4.69, 9.17) is 9.47 Å². The first-order chi connectivity index (χ1) is 18.8. The zero-order chi connectivity index (χ0) is 27.5. The first-order valence-corrected chi connectivity index (χ1v) is 13.8. The summed E-state index contributed by atoms with van der Waals surface area (Å²) in [6, 6.07) is 15.7. The van der Waals surface area contributed by atoms with Crippen molar-refractivity contribution in [3.05, 3.63) is 94.8 Å². The number of anilines is 1. The molecule has 2 atom stereocenters. The van der Waals surface area contributed by atoms with Crippen molar-refractivity contribution in [2.45, 2.75) is 32.2 Å².